The molecule has 3 rings (SSSR count). The van der Waals surface area contributed by atoms with E-state index in [2.05, 4.69) is 5.32 Å². The first-order valence-corrected chi connectivity index (χ1v) is 10.5. The lowest BCUT2D eigenvalue weighted by molar-refractivity contribution is 0.0742. The highest BCUT2D eigenvalue weighted by Crippen LogP contribution is 2.30. The monoisotopic (exact) mass is 432 g/mol. The summed E-state index contributed by atoms with van der Waals surface area (Å²) in [6.45, 7) is 4.30. The van der Waals surface area contributed by atoms with E-state index in [9.17, 15) is 9.59 Å². The summed E-state index contributed by atoms with van der Waals surface area (Å²) >= 11 is 0. The molecule has 0 radical (unpaired) electrons. The molecule has 166 valence electrons. The predicted octanol–water partition coefficient (Wildman–Crippen LogP) is 5.18. The summed E-state index contributed by atoms with van der Waals surface area (Å²) in [7, 11) is 3.32. The van der Waals surface area contributed by atoms with E-state index in [1.54, 1.807) is 49.4 Å². The van der Waals surface area contributed by atoms with Crippen LogP contribution >= 0.6 is 0 Å². The highest BCUT2D eigenvalue weighted by atomic mass is 16.5. The van der Waals surface area contributed by atoms with Crippen LogP contribution in [0.2, 0.25) is 0 Å². The number of carbonyl (C=O) groups excluding carboxylic acids is 2. The van der Waals surface area contributed by atoms with Gasteiger partial charge in [0.15, 0.2) is 11.5 Å². The summed E-state index contributed by atoms with van der Waals surface area (Å²) in [5.41, 5.74) is 2.68. The third-order valence-electron chi connectivity index (χ3n) is 5.27. The Bertz CT molecular complexity index is 1080. The molecule has 0 aliphatic carbocycles. The number of anilines is 1. The maximum Gasteiger partial charge on any atom is 0.255 e. The van der Waals surface area contributed by atoms with Crippen molar-refractivity contribution in [3.05, 3.63) is 89.5 Å². The van der Waals surface area contributed by atoms with Crippen LogP contribution in [0, 0.1) is 0 Å². The van der Waals surface area contributed by atoms with Crippen molar-refractivity contribution in [3.8, 4) is 11.5 Å². The van der Waals surface area contributed by atoms with Crippen LogP contribution in [0.1, 0.15) is 46.2 Å². The number of methoxy groups -OCH3 is 1. The molecule has 32 heavy (non-hydrogen) atoms. The number of hydrogen-bond acceptors (Lipinski definition) is 4. The van der Waals surface area contributed by atoms with E-state index in [1.165, 1.54) is 0 Å². The summed E-state index contributed by atoms with van der Waals surface area (Å²) in [4.78, 5) is 27.2. The van der Waals surface area contributed by atoms with Gasteiger partial charge < -0.3 is 19.7 Å². The van der Waals surface area contributed by atoms with Crippen molar-refractivity contribution in [2.45, 2.75) is 19.9 Å². The van der Waals surface area contributed by atoms with Crippen LogP contribution in [-0.2, 0) is 0 Å². The van der Waals surface area contributed by atoms with Crippen molar-refractivity contribution < 1.29 is 19.1 Å². The van der Waals surface area contributed by atoms with Crippen molar-refractivity contribution in [1.82, 2.24) is 4.90 Å². The largest absolute Gasteiger partial charge is 0.493 e. The molecule has 1 atom stereocenters. The van der Waals surface area contributed by atoms with Gasteiger partial charge in [0, 0.05) is 23.9 Å². The van der Waals surface area contributed by atoms with Gasteiger partial charge in [-0.05, 0) is 61.9 Å². The van der Waals surface area contributed by atoms with Crippen LogP contribution in [0.15, 0.2) is 72.8 Å². The first kappa shape index (κ1) is 22.9. The number of nitrogens with one attached hydrogen (secondary N) is 1. The van der Waals surface area contributed by atoms with E-state index in [0.29, 0.717) is 34.9 Å². The molecule has 0 saturated heterocycles. The molecule has 0 aliphatic heterocycles. The Hall–Kier alpha value is -3.80. The first-order valence-electron chi connectivity index (χ1n) is 10.5. The molecule has 1 N–H and O–H groups in total. The molecule has 6 heteroatoms. The van der Waals surface area contributed by atoms with Gasteiger partial charge in [-0.1, -0.05) is 30.3 Å². The second-order valence-electron chi connectivity index (χ2n) is 7.34. The van der Waals surface area contributed by atoms with Gasteiger partial charge in [0.25, 0.3) is 11.8 Å². The highest BCUT2D eigenvalue weighted by molar-refractivity contribution is 6.04. The molecule has 3 aromatic carbocycles. The third-order valence-corrected chi connectivity index (χ3v) is 5.27. The Morgan fingerprint density at radius 2 is 1.69 bits per heavy atom. The lowest BCUT2D eigenvalue weighted by Crippen LogP contribution is -2.29. The first-order chi connectivity index (χ1) is 15.4. The summed E-state index contributed by atoms with van der Waals surface area (Å²) in [5.74, 6) is 0.801. The molecule has 6 nitrogen and oxygen atoms in total. The van der Waals surface area contributed by atoms with E-state index in [1.807, 2.05) is 56.3 Å². The van der Waals surface area contributed by atoms with Gasteiger partial charge in [0.1, 0.15) is 0 Å². The predicted molar refractivity (Wildman–Crippen MR) is 126 cm³/mol. The fourth-order valence-corrected chi connectivity index (χ4v) is 3.35. The fraction of sp³-hybridized carbons (Fsp3) is 0.231. The smallest absolute Gasteiger partial charge is 0.255 e. The third kappa shape index (κ3) is 5.27. The lowest BCUT2D eigenvalue weighted by atomic mass is 10.0. The van der Waals surface area contributed by atoms with Gasteiger partial charge in [-0.15, -0.1) is 0 Å². The highest BCUT2D eigenvalue weighted by Gasteiger charge is 2.21. The Balaban J connectivity index is 1.76. The van der Waals surface area contributed by atoms with E-state index < -0.39 is 0 Å². The normalized spacial score (nSPS) is 11.4. The number of ether oxygens (including phenoxy) is 2. The van der Waals surface area contributed by atoms with Crippen LogP contribution in [-0.4, -0.2) is 37.5 Å². The van der Waals surface area contributed by atoms with Crippen LogP contribution in [0.4, 0.5) is 5.69 Å². The number of benzene rings is 3. The van der Waals surface area contributed by atoms with Gasteiger partial charge in [0.2, 0.25) is 0 Å². The SMILES string of the molecule is CCOc1cc(C(=O)N(C)C(C)c2cccc(NC(=O)c3ccccc3)c2)ccc1OC. The van der Waals surface area contributed by atoms with Gasteiger partial charge in [-0.3, -0.25) is 9.59 Å². The molecule has 3 aromatic rings. The van der Waals surface area contributed by atoms with Crippen molar-refractivity contribution in [2.75, 3.05) is 26.1 Å². The van der Waals surface area contributed by atoms with E-state index in [-0.39, 0.29) is 17.9 Å². The molecule has 0 heterocycles. The zero-order valence-corrected chi connectivity index (χ0v) is 18.8. The zero-order valence-electron chi connectivity index (χ0n) is 18.8. The van der Waals surface area contributed by atoms with Crippen molar-refractivity contribution in [3.63, 3.8) is 0 Å². The van der Waals surface area contributed by atoms with E-state index in [4.69, 9.17) is 9.47 Å². The Morgan fingerprint density at radius 1 is 0.938 bits per heavy atom. The van der Waals surface area contributed by atoms with E-state index in [0.717, 1.165) is 5.56 Å². The van der Waals surface area contributed by atoms with Crippen molar-refractivity contribution in [1.29, 1.82) is 0 Å². The van der Waals surface area contributed by atoms with Gasteiger partial charge in [0.05, 0.1) is 19.8 Å². The second kappa shape index (κ2) is 10.5. The topological polar surface area (TPSA) is 67.9 Å². The average Bonchev–Trinajstić information content (AvgIpc) is 2.83. The molecule has 0 bridgehead atoms. The summed E-state index contributed by atoms with van der Waals surface area (Å²) in [6, 6.07) is 21.5. The maximum atomic E-state index is 13.1. The molecule has 0 spiro atoms. The molecule has 2 amide bonds. The Kier molecular flexibility index (Phi) is 7.49. The standard InChI is InChI=1S/C26H28N2O4/c1-5-32-24-17-21(14-15-23(24)31-4)26(30)28(3)18(2)20-12-9-13-22(16-20)27-25(29)19-10-7-6-8-11-19/h6-18H,5H2,1-4H3,(H,27,29). The van der Waals surface area contributed by atoms with Crippen LogP contribution in [0.5, 0.6) is 11.5 Å². The summed E-state index contributed by atoms with van der Waals surface area (Å²) in [6.07, 6.45) is 0. The lowest BCUT2D eigenvalue weighted by Gasteiger charge is -2.26. The molecule has 0 aromatic heterocycles. The van der Waals surface area contributed by atoms with Gasteiger partial charge in [-0.2, -0.15) is 0 Å². The number of carbonyl (C=O) groups is 2. The Morgan fingerprint density at radius 3 is 2.38 bits per heavy atom. The maximum absolute atomic E-state index is 13.1. The number of rotatable bonds is 8. The minimum atomic E-state index is -0.214. The van der Waals surface area contributed by atoms with Crippen molar-refractivity contribution in [2.24, 2.45) is 0 Å². The van der Waals surface area contributed by atoms with E-state index >= 15 is 0 Å². The minimum Gasteiger partial charge on any atom is -0.493 e. The Labute approximate surface area is 188 Å². The molecular formula is C26H28N2O4. The molecule has 1 unspecified atom stereocenters. The number of nitrogens with zero attached hydrogens (tertiary/aromatic N) is 1. The fourth-order valence-electron chi connectivity index (χ4n) is 3.35. The average molecular weight is 433 g/mol. The molecule has 0 fully saturated rings. The van der Waals surface area contributed by atoms with Gasteiger partial charge in [-0.25, -0.2) is 0 Å². The van der Waals surface area contributed by atoms with Crippen LogP contribution in [0.3, 0.4) is 0 Å². The quantitative estimate of drug-likeness (QED) is 0.533. The van der Waals surface area contributed by atoms with Crippen LogP contribution in [0.25, 0.3) is 0 Å². The minimum absolute atomic E-state index is 0.139. The summed E-state index contributed by atoms with van der Waals surface area (Å²) in [5, 5.41) is 2.91. The molecule has 0 aliphatic rings. The summed E-state index contributed by atoms with van der Waals surface area (Å²) < 4.78 is 10.9. The molecule has 0 saturated carbocycles. The second-order valence-corrected chi connectivity index (χ2v) is 7.34. The molecular weight excluding hydrogens is 404 g/mol. The van der Waals surface area contributed by atoms with Crippen LogP contribution < -0.4 is 14.8 Å². The number of hydrogen-bond donors (Lipinski definition) is 1. The zero-order chi connectivity index (χ0) is 23.1. The van der Waals surface area contributed by atoms with Crippen molar-refractivity contribution >= 4 is 17.5 Å². The number of amides is 2. The van der Waals surface area contributed by atoms with Gasteiger partial charge >= 0.3 is 0 Å².